The molecule has 6 nitrogen and oxygen atoms in total. The molecule has 0 radical (unpaired) electrons. The van der Waals surface area contributed by atoms with Gasteiger partial charge in [0.2, 0.25) is 0 Å². The van der Waals surface area contributed by atoms with Crippen molar-refractivity contribution in [1.82, 2.24) is 25.0 Å². The molecule has 0 aliphatic carbocycles. The molecule has 2 heterocycles. The van der Waals surface area contributed by atoms with Crippen LogP contribution in [0.4, 0.5) is 5.82 Å². The summed E-state index contributed by atoms with van der Waals surface area (Å²) in [4.78, 5) is 8.03. The molecule has 84 valence electrons. The van der Waals surface area contributed by atoms with Crippen molar-refractivity contribution in [2.45, 2.75) is 6.92 Å². The van der Waals surface area contributed by atoms with Gasteiger partial charge in [-0.15, -0.1) is 5.10 Å². The number of hydrogen-bond donors (Lipinski definition) is 1. The fourth-order valence-corrected chi connectivity index (χ4v) is 1.63. The largest absolute Gasteiger partial charge is 0.382 e. The monoisotopic (exact) mass is 226 g/mol. The van der Waals surface area contributed by atoms with Crippen molar-refractivity contribution in [1.29, 1.82) is 0 Å². The number of benzene rings is 1. The quantitative estimate of drug-likeness (QED) is 0.671. The lowest BCUT2D eigenvalue weighted by molar-refractivity contribution is 0.817. The molecule has 0 aliphatic rings. The van der Waals surface area contributed by atoms with Gasteiger partial charge in [0.05, 0.1) is 5.69 Å². The average molecular weight is 226 g/mol. The molecule has 2 aromatic heterocycles. The number of nitrogens with two attached hydrogens (primary N) is 1. The minimum Gasteiger partial charge on any atom is -0.382 e. The molecule has 1 aromatic carbocycles. The Morgan fingerprint density at radius 3 is 2.65 bits per heavy atom. The zero-order valence-electron chi connectivity index (χ0n) is 9.20. The van der Waals surface area contributed by atoms with Crippen LogP contribution in [0.25, 0.3) is 16.9 Å². The zero-order chi connectivity index (χ0) is 11.8. The molecule has 0 saturated heterocycles. The highest BCUT2D eigenvalue weighted by molar-refractivity contribution is 5.81. The minimum atomic E-state index is 0.341. The molecule has 6 heteroatoms. The highest BCUT2D eigenvalue weighted by Gasteiger charge is 2.10. The van der Waals surface area contributed by atoms with Crippen molar-refractivity contribution < 1.29 is 0 Å². The molecule has 0 saturated carbocycles. The molecule has 0 spiro atoms. The minimum absolute atomic E-state index is 0.341. The van der Waals surface area contributed by atoms with E-state index in [2.05, 4.69) is 20.3 Å². The maximum atomic E-state index is 5.70. The standard InChI is InChI=1S/C11H10N6/c1-7-2-4-8(5-3-7)17-11-9(15-16-17)10(12)13-6-14-11/h2-6H,1H3,(H2,12,13,14). The summed E-state index contributed by atoms with van der Waals surface area (Å²) >= 11 is 0. The van der Waals surface area contributed by atoms with E-state index in [0.717, 1.165) is 5.69 Å². The summed E-state index contributed by atoms with van der Waals surface area (Å²) in [6.07, 6.45) is 1.41. The number of aromatic nitrogens is 5. The second kappa shape index (κ2) is 3.51. The molecule has 3 rings (SSSR count). The summed E-state index contributed by atoms with van der Waals surface area (Å²) in [5, 5.41) is 8.02. The number of nitrogens with zero attached hydrogens (tertiary/aromatic N) is 5. The smallest absolute Gasteiger partial charge is 0.188 e. The fourth-order valence-electron chi connectivity index (χ4n) is 1.63. The maximum Gasteiger partial charge on any atom is 0.188 e. The number of aryl methyl sites for hydroxylation is 1. The molecule has 0 aliphatic heterocycles. The summed E-state index contributed by atoms with van der Waals surface area (Å²) in [6.45, 7) is 2.03. The van der Waals surface area contributed by atoms with Gasteiger partial charge in [0.15, 0.2) is 17.0 Å². The lowest BCUT2D eigenvalue weighted by Crippen LogP contribution is -1.98. The van der Waals surface area contributed by atoms with Crippen LogP contribution in [0.2, 0.25) is 0 Å². The Labute approximate surface area is 97.1 Å². The molecule has 0 amide bonds. The van der Waals surface area contributed by atoms with E-state index in [-0.39, 0.29) is 0 Å². The number of rotatable bonds is 1. The number of fused-ring (bicyclic) bond motifs is 1. The van der Waals surface area contributed by atoms with Crippen LogP contribution >= 0.6 is 0 Å². The molecular formula is C11H10N6. The number of anilines is 1. The molecule has 2 N–H and O–H groups in total. The summed E-state index contributed by atoms with van der Waals surface area (Å²) in [5.41, 5.74) is 8.93. The summed E-state index contributed by atoms with van der Waals surface area (Å²) in [7, 11) is 0. The second-order valence-corrected chi connectivity index (χ2v) is 3.77. The van der Waals surface area contributed by atoms with E-state index >= 15 is 0 Å². The predicted octanol–water partition coefficient (Wildman–Crippen LogP) is 1.10. The lowest BCUT2D eigenvalue weighted by Gasteiger charge is -2.01. The van der Waals surface area contributed by atoms with Crippen LogP contribution in [-0.4, -0.2) is 25.0 Å². The fraction of sp³-hybridized carbons (Fsp3) is 0.0909. The Hall–Kier alpha value is -2.50. The average Bonchev–Trinajstić information content (AvgIpc) is 2.75. The maximum absolute atomic E-state index is 5.70. The third kappa shape index (κ3) is 1.50. The van der Waals surface area contributed by atoms with Crippen LogP contribution in [0.3, 0.4) is 0 Å². The van der Waals surface area contributed by atoms with E-state index in [0.29, 0.717) is 17.0 Å². The van der Waals surface area contributed by atoms with Gasteiger partial charge in [-0.25, -0.2) is 9.97 Å². The van der Waals surface area contributed by atoms with E-state index in [4.69, 9.17) is 5.73 Å². The van der Waals surface area contributed by atoms with Gasteiger partial charge >= 0.3 is 0 Å². The van der Waals surface area contributed by atoms with Gasteiger partial charge in [0, 0.05) is 0 Å². The van der Waals surface area contributed by atoms with E-state index in [1.54, 1.807) is 4.68 Å². The van der Waals surface area contributed by atoms with E-state index in [1.165, 1.54) is 11.9 Å². The molecule has 0 fully saturated rings. The topological polar surface area (TPSA) is 82.5 Å². The van der Waals surface area contributed by atoms with Crippen LogP contribution in [0.5, 0.6) is 0 Å². The first kappa shape index (κ1) is 9.71. The Bertz CT molecular complexity index is 670. The van der Waals surface area contributed by atoms with E-state index in [1.807, 2.05) is 31.2 Å². The van der Waals surface area contributed by atoms with Crippen molar-refractivity contribution in [2.75, 3.05) is 5.73 Å². The third-order valence-electron chi connectivity index (χ3n) is 2.54. The van der Waals surface area contributed by atoms with Crippen molar-refractivity contribution in [3.8, 4) is 5.69 Å². The van der Waals surface area contributed by atoms with Gasteiger partial charge < -0.3 is 5.73 Å². The van der Waals surface area contributed by atoms with Crippen LogP contribution in [0.1, 0.15) is 5.56 Å². The predicted molar refractivity (Wildman–Crippen MR) is 63.6 cm³/mol. The molecule has 0 bridgehead atoms. The second-order valence-electron chi connectivity index (χ2n) is 3.77. The summed E-state index contributed by atoms with van der Waals surface area (Å²) < 4.78 is 1.65. The van der Waals surface area contributed by atoms with Crippen LogP contribution in [0, 0.1) is 6.92 Å². The van der Waals surface area contributed by atoms with Crippen LogP contribution < -0.4 is 5.73 Å². The van der Waals surface area contributed by atoms with Gasteiger partial charge in [0.1, 0.15) is 6.33 Å². The Morgan fingerprint density at radius 1 is 1.12 bits per heavy atom. The Kier molecular flexibility index (Phi) is 2.01. The highest BCUT2D eigenvalue weighted by Crippen LogP contribution is 2.17. The van der Waals surface area contributed by atoms with Crippen molar-refractivity contribution in [3.63, 3.8) is 0 Å². The summed E-state index contributed by atoms with van der Waals surface area (Å²) in [5.74, 6) is 0.341. The Morgan fingerprint density at radius 2 is 1.88 bits per heavy atom. The number of hydrogen-bond acceptors (Lipinski definition) is 5. The van der Waals surface area contributed by atoms with Gasteiger partial charge in [-0.3, -0.25) is 0 Å². The van der Waals surface area contributed by atoms with Gasteiger partial charge in [-0.2, -0.15) is 4.68 Å². The highest BCUT2D eigenvalue weighted by atomic mass is 15.4. The number of nitrogen functional groups attached to an aromatic ring is 1. The Balaban J connectivity index is 2.24. The van der Waals surface area contributed by atoms with E-state index in [9.17, 15) is 0 Å². The SMILES string of the molecule is Cc1ccc(-n2nnc3c(N)ncnc32)cc1. The normalized spacial score (nSPS) is 10.9. The summed E-state index contributed by atoms with van der Waals surface area (Å²) in [6, 6.07) is 7.93. The first-order chi connectivity index (χ1) is 8.25. The van der Waals surface area contributed by atoms with Crippen molar-refractivity contribution in [2.24, 2.45) is 0 Å². The third-order valence-corrected chi connectivity index (χ3v) is 2.54. The lowest BCUT2D eigenvalue weighted by atomic mass is 10.2. The molecule has 3 aromatic rings. The molecule has 0 unspecified atom stereocenters. The zero-order valence-corrected chi connectivity index (χ0v) is 9.20. The first-order valence-electron chi connectivity index (χ1n) is 5.14. The van der Waals surface area contributed by atoms with Crippen LogP contribution in [0.15, 0.2) is 30.6 Å². The van der Waals surface area contributed by atoms with E-state index < -0.39 is 0 Å². The molecule has 17 heavy (non-hydrogen) atoms. The van der Waals surface area contributed by atoms with Crippen molar-refractivity contribution in [3.05, 3.63) is 36.2 Å². The van der Waals surface area contributed by atoms with Gasteiger partial charge in [0.25, 0.3) is 0 Å². The van der Waals surface area contributed by atoms with Gasteiger partial charge in [-0.1, -0.05) is 22.9 Å². The molecular weight excluding hydrogens is 216 g/mol. The first-order valence-corrected chi connectivity index (χ1v) is 5.14. The van der Waals surface area contributed by atoms with Crippen LogP contribution in [-0.2, 0) is 0 Å². The van der Waals surface area contributed by atoms with Gasteiger partial charge in [-0.05, 0) is 19.1 Å². The molecule has 0 atom stereocenters. The van der Waals surface area contributed by atoms with Crippen molar-refractivity contribution >= 4 is 17.0 Å².